The Kier molecular flexibility index (Phi) is 4.50. The van der Waals surface area contributed by atoms with Gasteiger partial charge in [0, 0.05) is 12.6 Å². The molecule has 110 valence electrons. The number of carbonyl (C=O) groups is 1. The van der Waals surface area contributed by atoms with Gasteiger partial charge in [0.15, 0.2) is 0 Å². The Morgan fingerprint density at radius 1 is 1.05 bits per heavy atom. The molecular weight excluding hydrogens is 312 g/mol. The normalized spacial score (nSPS) is 11.0. The minimum absolute atomic E-state index is 0.0801. The van der Waals surface area contributed by atoms with Crippen molar-refractivity contribution in [3.63, 3.8) is 0 Å². The Bertz CT molecular complexity index is 758. The third-order valence-corrected chi connectivity index (χ3v) is 4.31. The maximum atomic E-state index is 12.2. The average molecular weight is 325 g/mol. The Hall–Kier alpha value is -2.05. The number of sulfonamides is 1. The van der Waals surface area contributed by atoms with Crippen LogP contribution in [0, 0.1) is 0 Å². The lowest BCUT2D eigenvalue weighted by Crippen LogP contribution is -2.13. The Morgan fingerprint density at radius 2 is 1.67 bits per heavy atom. The van der Waals surface area contributed by atoms with Crippen molar-refractivity contribution in [3.8, 4) is 0 Å². The van der Waals surface area contributed by atoms with Gasteiger partial charge >= 0.3 is 0 Å². The first kappa shape index (κ1) is 15.3. The molecule has 2 aromatic carbocycles. The summed E-state index contributed by atoms with van der Waals surface area (Å²) >= 11 is 5.93. The van der Waals surface area contributed by atoms with Gasteiger partial charge in [-0.15, -0.1) is 0 Å². The molecule has 0 spiro atoms. The van der Waals surface area contributed by atoms with E-state index in [2.05, 4.69) is 10.0 Å². The highest BCUT2D eigenvalue weighted by atomic mass is 35.5. The van der Waals surface area contributed by atoms with Crippen molar-refractivity contribution >= 4 is 38.9 Å². The van der Waals surface area contributed by atoms with Crippen LogP contribution in [0.2, 0.25) is 5.02 Å². The molecule has 0 bridgehead atoms. The number of anilines is 2. The van der Waals surface area contributed by atoms with Crippen LogP contribution in [0.15, 0.2) is 53.4 Å². The lowest BCUT2D eigenvalue weighted by Gasteiger charge is -2.10. The van der Waals surface area contributed by atoms with E-state index < -0.39 is 10.0 Å². The summed E-state index contributed by atoms with van der Waals surface area (Å²) in [7, 11) is -3.73. The summed E-state index contributed by atoms with van der Waals surface area (Å²) in [6.45, 7) is 1.38. The van der Waals surface area contributed by atoms with Crippen LogP contribution >= 0.6 is 11.6 Å². The molecule has 5 nitrogen and oxygen atoms in total. The van der Waals surface area contributed by atoms with Crippen molar-refractivity contribution in [1.82, 2.24) is 0 Å². The van der Waals surface area contributed by atoms with Crippen molar-refractivity contribution in [2.24, 2.45) is 0 Å². The molecule has 0 saturated heterocycles. The minimum atomic E-state index is -3.73. The van der Waals surface area contributed by atoms with Crippen LogP contribution in [0.25, 0.3) is 0 Å². The highest BCUT2D eigenvalue weighted by Crippen LogP contribution is 2.24. The van der Waals surface area contributed by atoms with E-state index in [4.69, 9.17) is 11.6 Å². The van der Waals surface area contributed by atoms with Crippen LogP contribution in [0.1, 0.15) is 6.92 Å². The minimum Gasteiger partial charge on any atom is -0.326 e. The van der Waals surface area contributed by atoms with Crippen LogP contribution in [-0.2, 0) is 14.8 Å². The fourth-order valence-corrected chi connectivity index (χ4v) is 2.99. The molecule has 0 heterocycles. The Balaban J connectivity index is 2.24. The number of hydrogen-bond acceptors (Lipinski definition) is 3. The molecular formula is C14H13ClN2O3S. The number of carbonyl (C=O) groups excluding carboxylic acids is 1. The van der Waals surface area contributed by atoms with E-state index in [0.29, 0.717) is 16.4 Å². The van der Waals surface area contributed by atoms with Crippen LogP contribution < -0.4 is 10.0 Å². The lowest BCUT2D eigenvalue weighted by atomic mass is 10.3. The smallest absolute Gasteiger partial charge is 0.261 e. The molecule has 0 atom stereocenters. The van der Waals surface area contributed by atoms with Crippen LogP contribution in [0.3, 0.4) is 0 Å². The van der Waals surface area contributed by atoms with Crippen LogP contribution in [0.5, 0.6) is 0 Å². The monoisotopic (exact) mass is 324 g/mol. The highest BCUT2D eigenvalue weighted by molar-refractivity contribution is 7.92. The summed E-state index contributed by atoms with van der Waals surface area (Å²) in [5, 5.41) is 2.88. The van der Waals surface area contributed by atoms with Crippen molar-refractivity contribution in [3.05, 3.63) is 53.6 Å². The SMILES string of the molecule is CC(=O)Nc1ccc(S(=O)(=O)Nc2ccccc2Cl)cc1. The summed E-state index contributed by atoms with van der Waals surface area (Å²) in [5.74, 6) is -0.222. The van der Waals surface area contributed by atoms with Gasteiger partial charge in [-0.3, -0.25) is 9.52 Å². The summed E-state index contributed by atoms with van der Waals surface area (Å²) in [6.07, 6.45) is 0. The predicted octanol–water partition coefficient (Wildman–Crippen LogP) is 3.10. The summed E-state index contributed by atoms with van der Waals surface area (Å²) in [6, 6.07) is 12.4. The number of halogens is 1. The number of nitrogens with one attached hydrogen (secondary N) is 2. The molecule has 0 aromatic heterocycles. The van der Waals surface area contributed by atoms with E-state index in [-0.39, 0.29) is 10.8 Å². The second-order valence-corrected chi connectivity index (χ2v) is 6.38. The third-order valence-electron chi connectivity index (χ3n) is 2.60. The second kappa shape index (κ2) is 6.15. The maximum absolute atomic E-state index is 12.2. The third kappa shape index (κ3) is 3.96. The van der Waals surface area contributed by atoms with Gasteiger partial charge in [0.2, 0.25) is 5.91 Å². The molecule has 0 fully saturated rings. The van der Waals surface area contributed by atoms with Crippen LogP contribution in [0.4, 0.5) is 11.4 Å². The number of benzene rings is 2. The zero-order chi connectivity index (χ0) is 15.5. The number of para-hydroxylation sites is 1. The van der Waals surface area contributed by atoms with Gasteiger partial charge < -0.3 is 5.32 Å². The van der Waals surface area contributed by atoms with E-state index >= 15 is 0 Å². The van der Waals surface area contributed by atoms with E-state index in [1.165, 1.54) is 31.2 Å². The number of rotatable bonds is 4. The molecule has 2 aromatic rings. The summed E-state index contributed by atoms with van der Waals surface area (Å²) < 4.78 is 26.9. The van der Waals surface area contributed by atoms with Crippen molar-refractivity contribution < 1.29 is 13.2 Å². The van der Waals surface area contributed by atoms with Gasteiger partial charge in [0.1, 0.15) is 0 Å². The highest BCUT2D eigenvalue weighted by Gasteiger charge is 2.15. The van der Waals surface area contributed by atoms with Gasteiger partial charge in [0.05, 0.1) is 15.6 Å². The van der Waals surface area contributed by atoms with Gasteiger partial charge in [-0.1, -0.05) is 23.7 Å². The summed E-state index contributed by atoms with van der Waals surface area (Å²) in [4.78, 5) is 11.0. The molecule has 21 heavy (non-hydrogen) atoms. The molecule has 0 unspecified atom stereocenters. The van der Waals surface area contributed by atoms with E-state index in [0.717, 1.165) is 0 Å². The Labute approximate surface area is 128 Å². The van der Waals surface area contributed by atoms with Gasteiger partial charge in [-0.25, -0.2) is 8.42 Å². The second-order valence-electron chi connectivity index (χ2n) is 4.29. The van der Waals surface area contributed by atoms with Crippen molar-refractivity contribution in [2.45, 2.75) is 11.8 Å². The zero-order valence-corrected chi connectivity index (χ0v) is 12.7. The quantitative estimate of drug-likeness (QED) is 0.907. The van der Waals surface area contributed by atoms with E-state index in [1.807, 2.05) is 0 Å². The first-order chi connectivity index (χ1) is 9.88. The van der Waals surface area contributed by atoms with Gasteiger partial charge in [-0.2, -0.15) is 0 Å². The van der Waals surface area contributed by atoms with Gasteiger partial charge in [0.25, 0.3) is 10.0 Å². The average Bonchev–Trinajstić information content (AvgIpc) is 2.41. The standard InChI is InChI=1S/C14H13ClN2O3S/c1-10(18)16-11-6-8-12(9-7-11)21(19,20)17-14-5-3-2-4-13(14)15/h2-9,17H,1H3,(H,16,18). The largest absolute Gasteiger partial charge is 0.326 e. The topological polar surface area (TPSA) is 75.3 Å². The molecule has 1 amide bonds. The van der Waals surface area contributed by atoms with E-state index in [1.54, 1.807) is 24.3 Å². The molecule has 2 rings (SSSR count). The number of amides is 1. The maximum Gasteiger partial charge on any atom is 0.261 e. The molecule has 0 saturated carbocycles. The van der Waals surface area contributed by atoms with Crippen molar-refractivity contribution in [1.29, 1.82) is 0 Å². The zero-order valence-electron chi connectivity index (χ0n) is 11.1. The molecule has 0 aliphatic heterocycles. The fourth-order valence-electron chi connectivity index (χ4n) is 1.67. The van der Waals surface area contributed by atoms with Crippen molar-refractivity contribution in [2.75, 3.05) is 10.0 Å². The molecule has 0 aliphatic carbocycles. The van der Waals surface area contributed by atoms with E-state index in [9.17, 15) is 13.2 Å². The lowest BCUT2D eigenvalue weighted by molar-refractivity contribution is -0.114. The Morgan fingerprint density at radius 3 is 2.24 bits per heavy atom. The summed E-state index contributed by atoms with van der Waals surface area (Å²) in [5.41, 5.74) is 0.837. The molecule has 7 heteroatoms. The first-order valence-corrected chi connectivity index (χ1v) is 7.89. The molecule has 2 N–H and O–H groups in total. The van der Waals surface area contributed by atoms with Crippen LogP contribution in [-0.4, -0.2) is 14.3 Å². The predicted molar refractivity (Wildman–Crippen MR) is 83.0 cm³/mol. The fraction of sp³-hybridized carbons (Fsp3) is 0.0714. The molecule has 0 aliphatic rings. The molecule has 0 radical (unpaired) electrons. The first-order valence-electron chi connectivity index (χ1n) is 6.03. The number of hydrogen-bond donors (Lipinski definition) is 2. The van der Waals surface area contributed by atoms with Gasteiger partial charge in [-0.05, 0) is 36.4 Å².